The number of piperidine rings is 1. The summed E-state index contributed by atoms with van der Waals surface area (Å²) in [5.41, 5.74) is -0.469. The lowest BCUT2D eigenvalue weighted by atomic mass is 9.98. The summed E-state index contributed by atoms with van der Waals surface area (Å²) in [4.78, 5) is 13.5. The molecule has 1 saturated heterocycles. The second-order valence-corrected chi connectivity index (χ2v) is 5.58. The van der Waals surface area contributed by atoms with Gasteiger partial charge in [0.25, 0.3) is 6.01 Å². The van der Waals surface area contributed by atoms with Crippen LogP contribution in [-0.4, -0.2) is 36.3 Å². The van der Waals surface area contributed by atoms with Gasteiger partial charge in [0, 0.05) is 13.1 Å². The number of likely N-dealkylation sites (tertiary alicyclic amines) is 1. The summed E-state index contributed by atoms with van der Waals surface area (Å²) in [7, 11) is 0. The van der Waals surface area contributed by atoms with Gasteiger partial charge in [-0.25, -0.2) is 4.79 Å². The Morgan fingerprint density at radius 3 is 2.39 bits per heavy atom. The van der Waals surface area contributed by atoms with E-state index < -0.39 is 11.6 Å². The minimum atomic E-state index is -0.746. The Kier molecular flexibility index (Phi) is 4.99. The highest BCUT2D eigenvalue weighted by Gasteiger charge is 2.27. The van der Waals surface area contributed by atoms with Crippen LogP contribution in [0.4, 0.5) is 9.18 Å². The van der Waals surface area contributed by atoms with Gasteiger partial charge in [0.15, 0.2) is 0 Å². The molecule has 5 heteroatoms. The van der Waals surface area contributed by atoms with Crippen LogP contribution in [0.5, 0.6) is 0 Å². The minimum Gasteiger partial charge on any atom is -0.471 e. The minimum absolute atomic E-state index is 0.274. The maximum Gasteiger partial charge on any atom is 0.410 e. The largest absolute Gasteiger partial charge is 0.471 e. The van der Waals surface area contributed by atoms with E-state index in [0.717, 1.165) is 12.8 Å². The molecule has 1 rings (SSSR count). The Hall–Kier alpha value is -1.26. The van der Waals surface area contributed by atoms with E-state index in [4.69, 9.17) is 9.47 Å². The standard InChI is InChI=1S/C13H22FNO3/c1-10(14)17-9-11-5-7-15(8-6-11)12(16)18-13(2,3)4/h11H,1,5-9H2,2-4H3. The van der Waals surface area contributed by atoms with Crippen LogP contribution in [-0.2, 0) is 9.47 Å². The molecule has 0 spiro atoms. The van der Waals surface area contributed by atoms with Crippen molar-refractivity contribution in [1.82, 2.24) is 4.90 Å². The first kappa shape index (κ1) is 14.8. The molecule has 0 aromatic rings. The van der Waals surface area contributed by atoms with E-state index in [0.29, 0.717) is 19.7 Å². The average molecular weight is 259 g/mol. The third-order valence-corrected chi connectivity index (χ3v) is 2.74. The SMILES string of the molecule is C=C(F)OCC1CCN(C(=O)OC(C)(C)C)CC1. The topological polar surface area (TPSA) is 38.8 Å². The van der Waals surface area contributed by atoms with Gasteiger partial charge in [0.1, 0.15) is 5.60 Å². The summed E-state index contributed by atoms with van der Waals surface area (Å²) in [5.74, 6) is 0.274. The van der Waals surface area contributed by atoms with E-state index in [1.54, 1.807) is 4.90 Å². The fraction of sp³-hybridized carbons (Fsp3) is 0.769. The lowest BCUT2D eigenvalue weighted by molar-refractivity contribution is 0.0130. The number of halogens is 1. The molecule has 0 saturated carbocycles. The second-order valence-electron chi connectivity index (χ2n) is 5.58. The van der Waals surface area contributed by atoms with Gasteiger partial charge in [-0.15, -0.1) is 0 Å². The molecule has 0 radical (unpaired) electrons. The Morgan fingerprint density at radius 1 is 1.39 bits per heavy atom. The number of carbonyl (C=O) groups is 1. The first-order chi connectivity index (χ1) is 8.28. The number of carbonyl (C=O) groups excluding carboxylic acids is 1. The Labute approximate surface area is 108 Å². The Bertz CT molecular complexity index is 304. The van der Waals surface area contributed by atoms with Crippen LogP contribution in [0, 0.1) is 5.92 Å². The summed E-state index contributed by atoms with van der Waals surface area (Å²) in [6, 6.07) is -0.746. The molecular formula is C13H22FNO3. The average Bonchev–Trinajstić information content (AvgIpc) is 2.24. The number of amides is 1. The lowest BCUT2D eigenvalue weighted by Crippen LogP contribution is -2.42. The molecule has 0 aromatic carbocycles. The van der Waals surface area contributed by atoms with E-state index >= 15 is 0 Å². The van der Waals surface area contributed by atoms with Crippen LogP contribution in [0.2, 0.25) is 0 Å². The molecule has 1 amide bonds. The quantitative estimate of drug-likeness (QED) is 0.731. The zero-order chi connectivity index (χ0) is 13.8. The van der Waals surface area contributed by atoms with Crippen LogP contribution in [0.1, 0.15) is 33.6 Å². The van der Waals surface area contributed by atoms with Gasteiger partial charge in [-0.2, -0.15) is 4.39 Å². The summed E-state index contributed by atoms with van der Waals surface area (Å²) in [6.45, 7) is 10.2. The molecule has 0 N–H and O–H groups in total. The van der Waals surface area contributed by atoms with Crippen molar-refractivity contribution < 1.29 is 18.7 Å². The predicted octanol–water partition coefficient (Wildman–Crippen LogP) is 3.09. The van der Waals surface area contributed by atoms with Crippen LogP contribution < -0.4 is 0 Å². The van der Waals surface area contributed by atoms with Crippen molar-refractivity contribution in [2.75, 3.05) is 19.7 Å². The summed E-state index contributed by atoms with van der Waals surface area (Å²) >= 11 is 0. The van der Waals surface area contributed by atoms with E-state index in [1.165, 1.54) is 0 Å². The fourth-order valence-corrected chi connectivity index (χ4v) is 1.82. The molecule has 0 unspecified atom stereocenters. The van der Waals surface area contributed by atoms with E-state index in [1.807, 2.05) is 20.8 Å². The fourth-order valence-electron chi connectivity index (χ4n) is 1.82. The normalized spacial score (nSPS) is 17.4. The summed E-state index contributed by atoms with van der Waals surface area (Å²) in [6.07, 6.45) is 1.32. The molecule has 1 aliphatic rings. The molecule has 18 heavy (non-hydrogen) atoms. The van der Waals surface area contributed by atoms with Gasteiger partial charge in [0.2, 0.25) is 0 Å². The summed E-state index contributed by atoms with van der Waals surface area (Å²) in [5, 5.41) is 0. The van der Waals surface area contributed by atoms with Crippen molar-refractivity contribution in [2.45, 2.75) is 39.2 Å². The highest BCUT2D eigenvalue weighted by molar-refractivity contribution is 5.68. The van der Waals surface area contributed by atoms with Crippen molar-refractivity contribution in [3.63, 3.8) is 0 Å². The monoisotopic (exact) mass is 259 g/mol. The number of nitrogens with zero attached hydrogens (tertiary/aromatic N) is 1. The Balaban J connectivity index is 2.30. The molecule has 0 aromatic heterocycles. The molecule has 0 bridgehead atoms. The molecule has 1 fully saturated rings. The van der Waals surface area contributed by atoms with E-state index in [-0.39, 0.29) is 12.0 Å². The highest BCUT2D eigenvalue weighted by Crippen LogP contribution is 2.20. The van der Waals surface area contributed by atoms with Crippen molar-refractivity contribution in [3.8, 4) is 0 Å². The molecule has 4 nitrogen and oxygen atoms in total. The molecule has 1 heterocycles. The molecule has 1 aliphatic heterocycles. The number of hydrogen-bond donors (Lipinski definition) is 0. The maximum absolute atomic E-state index is 12.3. The lowest BCUT2D eigenvalue weighted by Gasteiger charge is -2.33. The van der Waals surface area contributed by atoms with E-state index in [2.05, 4.69) is 6.58 Å². The molecule has 0 atom stereocenters. The molecular weight excluding hydrogens is 237 g/mol. The zero-order valence-electron chi connectivity index (χ0n) is 11.4. The third-order valence-electron chi connectivity index (χ3n) is 2.74. The van der Waals surface area contributed by atoms with Gasteiger partial charge in [-0.3, -0.25) is 0 Å². The second kappa shape index (κ2) is 6.07. The van der Waals surface area contributed by atoms with Crippen molar-refractivity contribution in [1.29, 1.82) is 0 Å². The van der Waals surface area contributed by atoms with Crippen molar-refractivity contribution in [2.24, 2.45) is 5.92 Å². The van der Waals surface area contributed by atoms with Crippen LogP contribution in [0.3, 0.4) is 0 Å². The maximum atomic E-state index is 12.3. The third kappa shape index (κ3) is 5.38. The van der Waals surface area contributed by atoms with Crippen LogP contribution in [0.15, 0.2) is 12.6 Å². The molecule has 0 aliphatic carbocycles. The number of ether oxygens (including phenoxy) is 2. The van der Waals surface area contributed by atoms with Gasteiger partial charge >= 0.3 is 6.09 Å². The van der Waals surface area contributed by atoms with Gasteiger partial charge in [0.05, 0.1) is 6.61 Å². The van der Waals surface area contributed by atoms with Gasteiger partial charge in [-0.05, 0) is 46.1 Å². The Morgan fingerprint density at radius 2 is 1.94 bits per heavy atom. The van der Waals surface area contributed by atoms with Crippen molar-refractivity contribution >= 4 is 6.09 Å². The van der Waals surface area contributed by atoms with Gasteiger partial charge in [-0.1, -0.05) is 0 Å². The smallest absolute Gasteiger partial charge is 0.410 e. The van der Waals surface area contributed by atoms with Crippen molar-refractivity contribution in [3.05, 3.63) is 12.6 Å². The van der Waals surface area contributed by atoms with Crippen LogP contribution in [0.25, 0.3) is 0 Å². The zero-order valence-corrected chi connectivity index (χ0v) is 11.4. The van der Waals surface area contributed by atoms with Gasteiger partial charge < -0.3 is 14.4 Å². The first-order valence-corrected chi connectivity index (χ1v) is 6.23. The first-order valence-electron chi connectivity index (χ1n) is 6.23. The van der Waals surface area contributed by atoms with Crippen LogP contribution >= 0.6 is 0 Å². The predicted molar refractivity (Wildman–Crippen MR) is 66.7 cm³/mol. The number of rotatable bonds is 3. The molecule has 104 valence electrons. The summed E-state index contributed by atoms with van der Waals surface area (Å²) < 4.78 is 22.4. The van der Waals surface area contributed by atoms with E-state index in [9.17, 15) is 9.18 Å². The number of hydrogen-bond acceptors (Lipinski definition) is 3. The highest BCUT2D eigenvalue weighted by atomic mass is 19.1.